The SMILES string of the molecule is COc1ccc(NC(=O)Cn2c3c(sc2=O)[C@@H](c2ccc(C(C)(C)C)cc2)[C@@H]2C(=O)N(c4cccc(C(F)(F)F)c4)C(=O)[C@@H]2S3)cc1. The van der Waals surface area contributed by atoms with Gasteiger partial charge >= 0.3 is 11.0 Å². The molecule has 2 aliphatic heterocycles. The maximum atomic E-state index is 14.1. The van der Waals surface area contributed by atoms with Crippen molar-refractivity contribution < 1.29 is 32.3 Å². The molecular formula is C34H30F3N3O5S2. The summed E-state index contributed by atoms with van der Waals surface area (Å²) in [5.41, 5.74) is 0.876. The summed E-state index contributed by atoms with van der Waals surface area (Å²) in [4.78, 5) is 55.5. The lowest BCUT2D eigenvalue weighted by atomic mass is 9.81. The minimum absolute atomic E-state index is 0.167. The lowest BCUT2D eigenvalue weighted by Gasteiger charge is -2.31. The number of methoxy groups -OCH3 is 1. The van der Waals surface area contributed by atoms with E-state index in [0.717, 1.165) is 51.8 Å². The number of alkyl halides is 3. The molecule has 3 atom stereocenters. The number of imide groups is 1. The first-order chi connectivity index (χ1) is 22.2. The summed E-state index contributed by atoms with van der Waals surface area (Å²) in [7, 11) is 1.52. The second kappa shape index (κ2) is 12.0. The van der Waals surface area contributed by atoms with Gasteiger partial charge in [0.25, 0.3) is 0 Å². The molecule has 0 radical (unpaired) electrons. The number of hydrogen-bond acceptors (Lipinski definition) is 7. The average molecular weight is 682 g/mol. The number of aromatic nitrogens is 1. The van der Waals surface area contributed by atoms with Gasteiger partial charge in [-0.2, -0.15) is 13.2 Å². The van der Waals surface area contributed by atoms with Gasteiger partial charge < -0.3 is 10.1 Å². The summed E-state index contributed by atoms with van der Waals surface area (Å²) >= 11 is 1.89. The van der Waals surface area contributed by atoms with Crippen LogP contribution in [0.1, 0.15) is 48.3 Å². The number of amides is 3. The minimum Gasteiger partial charge on any atom is -0.497 e. The zero-order valence-corrected chi connectivity index (χ0v) is 27.4. The van der Waals surface area contributed by atoms with E-state index in [1.165, 1.54) is 17.7 Å². The fourth-order valence-corrected chi connectivity index (χ4v) is 8.67. The molecule has 0 unspecified atom stereocenters. The van der Waals surface area contributed by atoms with Crippen molar-refractivity contribution in [3.63, 3.8) is 0 Å². The molecule has 4 aromatic rings. The molecule has 1 fully saturated rings. The number of nitrogens with one attached hydrogen (secondary N) is 1. The Morgan fingerprint density at radius 3 is 2.21 bits per heavy atom. The van der Waals surface area contributed by atoms with Gasteiger partial charge in [0, 0.05) is 16.5 Å². The van der Waals surface area contributed by atoms with E-state index in [9.17, 15) is 32.3 Å². The fraction of sp³-hybridized carbons (Fsp3) is 0.294. The van der Waals surface area contributed by atoms with Crippen LogP contribution in [0.2, 0.25) is 0 Å². The van der Waals surface area contributed by atoms with Crippen molar-refractivity contribution in [2.75, 3.05) is 17.3 Å². The summed E-state index contributed by atoms with van der Waals surface area (Å²) in [6.07, 6.45) is -4.67. The van der Waals surface area contributed by atoms with Crippen molar-refractivity contribution in [2.24, 2.45) is 5.92 Å². The molecule has 13 heteroatoms. The predicted molar refractivity (Wildman–Crippen MR) is 174 cm³/mol. The molecule has 8 nitrogen and oxygen atoms in total. The first-order valence-corrected chi connectivity index (χ1v) is 16.4. The molecule has 47 heavy (non-hydrogen) atoms. The Bertz CT molecular complexity index is 1930. The van der Waals surface area contributed by atoms with Crippen LogP contribution in [-0.2, 0) is 32.5 Å². The Hall–Kier alpha value is -4.36. The van der Waals surface area contributed by atoms with Gasteiger partial charge in [0.1, 0.15) is 17.5 Å². The number of fused-ring (bicyclic) bond motifs is 2. The van der Waals surface area contributed by atoms with E-state index >= 15 is 0 Å². The normalized spacial score (nSPS) is 19.4. The quantitative estimate of drug-likeness (QED) is 0.229. The van der Waals surface area contributed by atoms with Gasteiger partial charge in [-0.25, -0.2) is 4.90 Å². The Kier molecular flexibility index (Phi) is 8.33. The van der Waals surface area contributed by atoms with E-state index in [0.29, 0.717) is 26.9 Å². The molecule has 1 aromatic heterocycles. The number of halogens is 3. The molecule has 1 N–H and O–H groups in total. The van der Waals surface area contributed by atoms with E-state index in [2.05, 4.69) is 26.1 Å². The highest BCUT2D eigenvalue weighted by Crippen LogP contribution is 2.54. The molecule has 0 aliphatic carbocycles. The summed E-state index contributed by atoms with van der Waals surface area (Å²) in [5, 5.41) is 2.09. The van der Waals surface area contributed by atoms with E-state index < -0.39 is 51.4 Å². The van der Waals surface area contributed by atoms with E-state index in [1.807, 2.05) is 24.3 Å². The Labute approximate surface area is 276 Å². The highest BCUT2D eigenvalue weighted by molar-refractivity contribution is 8.00. The van der Waals surface area contributed by atoms with Crippen LogP contribution in [0.3, 0.4) is 0 Å². The lowest BCUT2D eigenvalue weighted by Crippen LogP contribution is -2.33. The summed E-state index contributed by atoms with van der Waals surface area (Å²) in [6.45, 7) is 5.82. The number of ether oxygens (including phenoxy) is 1. The highest BCUT2D eigenvalue weighted by atomic mass is 32.2. The van der Waals surface area contributed by atoms with Gasteiger partial charge in [-0.3, -0.25) is 23.7 Å². The molecule has 1 saturated heterocycles. The van der Waals surface area contributed by atoms with Crippen LogP contribution in [0.5, 0.6) is 5.75 Å². The fourth-order valence-electron chi connectivity index (χ4n) is 5.90. The number of benzene rings is 3. The van der Waals surface area contributed by atoms with Crippen molar-refractivity contribution in [3.8, 4) is 5.75 Å². The number of carbonyl (C=O) groups excluding carboxylic acids is 3. The summed E-state index contributed by atoms with van der Waals surface area (Å²) < 4.78 is 47.2. The molecule has 244 valence electrons. The zero-order chi connectivity index (χ0) is 33.8. The third-order valence-electron chi connectivity index (χ3n) is 8.29. The second-order valence-corrected chi connectivity index (χ2v) is 14.5. The number of rotatable bonds is 6. The maximum absolute atomic E-state index is 14.1. The molecule has 0 saturated carbocycles. The van der Waals surface area contributed by atoms with Crippen LogP contribution in [0.4, 0.5) is 24.5 Å². The molecular weight excluding hydrogens is 652 g/mol. The number of nitrogens with zero attached hydrogens (tertiary/aromatic N) is 2. The number of hydrogen-bond donors (Lipinski definition) is 1. The van der Waals surface area contributed by atoms with Crippen molar-refractivity contribution in [1.29, 1.82) is 0 Å². The van der Waals surface area contributed by atoms with Crippen LogP contribution in [-0.4, -0.2) is 34.6 Å². The van der Waals surface area contributed by atoms with Gasteiger partial charge in [0.05, 0.1) is 29.3 Å². The number of anilines is 2. The molecule has 2 aliphatic rings. The summed E-state index contributed by atoms with van der Waals surface area (Å²) in [6, 6.07) is 18.4. The van der Waals surface area contributed by atoms with Crippen molar-refractivity contribution in [2.45, 2.75) is 55.1 Å². The Balaban J connectivity index is 1.41. The second-order valence-electron chi connectivity index (χ2n) is 12.4. The Morgan fingerprint density at radius 2 is 1.60 bits per heavy atom. The van der Waals surface area contributed by atoms with Crippen LogP contribution in [0, 0.1) is 5.92 Å². The topological polar surface area (TPSA) is 97.7 Å². The van der Waals surface area contributed by atoms with E-state index in [-0.39, 0.29) is 17.6 Å². The molecule has 3 amide bonds. The molecule has 6 rings (SSSR count). The Morgan fingerprint density at radius 1 is 0.915 bits per heavy atom. The van der Waals surface area contributed by atoms with Crippen LogP contribution < -0.4 is 19.8 Å². The van der Waals surface area contributed by atoms with Crippen molar-refractivity contribution in [1.82, 2.24) is 4.57 Å². The highest BCUT2D eigenvalue weighted by Gasteiger charge is 2.57. The number of thioether (sulfide) groups is 1. The third-order valence-corrected chi connectivity index (χ3v) is 10.9. The maximum Gasteiger partial charge on any atom is 0.416 e. The van der Waals surface area contributed by atoms with Gasteiger partial charge in [-0.05, 0) is 59.0 Å². The van der Waals surface area contributed by atoms with Crippen LogP contribution in [0.15, 0.2) is 82.6 Å². The van der Waals surface area contributed by atoms with Crippen LogP contribution in [0.25, 0.3) is 0 Å². The first kappa shape index (κ1) is 32.6. The monoisotopic (exact) mass is 681 g/mol. The third kappa shape index (κ3) is 6.09. The van der Waals surface area contributed by atoms with Gasteiger partial charge in [0.15, 0.2) is 0 Å². The standard InChI is InChI=1S/C34H30F3N3O5S2/c1-33(2,3)19-10-8-18(9-11-19)25-26-27(30(43)40(29(26)42)22-7-5-6-20(16-22)34(35,36)37)46-31-28(25)47-32(44)39(31)17-24(41)38-21-12-14-23(45-4)15-13-21/h5-16,25-27H,17H2,1-4H3,(H,38,41)/t25-,26-,27+/m0/s1. The number of carbonyl (C=O) groups is 3. The molecule has 3 aromatic carbocycles. The van der Waals surface area contributed by atoms with Gasteiger partial charge in [0.2, 0.25) is 17.7 Å². The zero-order valence-electron chi connectivity index (χ0n) is 25.8. The first-order valence-electron chi connectivity index (χ1n) is 14.7. The molecule has 3 heterocycles. The largest absolute Gasteiger partial charge is 0.497 e. The average Bonchev–Trinajstić information content (AvgIpc) is 3.46. The predicted octanol–water partition coefficient (Wildman–Crippen LogP) is 6.67. The number of thiazole rings is 1. The van der Waals surface area contributed by atoms with Crippen molar-refractivity contribution in [3.05, 3.63) is 104 Å². The molecule has 0 bridgehead atoms. The summed E-state index contributed by atoms with van der Waals surface area (Å²) in [5.74, 6) is -2.94. The van der Waals surface area contributed by atoms with Gasteiger partial charge in [-0.1, -0.05) is 74.2 Å². The minimum atomic E-state index is -4.67. The lowest BCUT2D eigenvalue weighted by molar-refractivity contribution is -0.137. The van der Waals surface area contributed by atoms with Crippen LogP contribution >= 0.6 is 23.1 Å². The van der Waals surface area contributed by atoms with Crippen molar-refractivity contribution >= 4 is 52.2 Å². The molecule has 0 spiro atoms. The van der Waals surface area contributed by atoms with E-state index in [1.54, 1.807) is 24.3 Å². The van der Waals surface area contributed by atoms with Gasteiger partial charge in [-0.15, -0.1) is 0 Å². The smallest absolute Gasteiger partial charge is 0.416 e. The van der Waals surface area contributed by atoms with E-state index in [4.69, 9.17) is 4.74 Å².